The number of aryl methyl sites for hydroxylation is 1. The monoisotopic (exact) mass is 549 g/mol. The molecule has 0 aromatic heterocycles. The second-order valence-corrected chi connectivity index (χ2v) is 10.8. The second-order valence-electron chi connectivity index (χ2n) is 10.8. The number of fused-ring (bicyclic) bond motifs is 6. The molecule has 0 spiro atoms. The maximum Gasteiger partial charge on any atom is 0.331 e. The van der Waals surface area contributed by atoms with E-state index in [2.05, 4.69) is 0 Å². The van der Waals surface area contributed by atoms with Crippen LogP contribution in [0.1, 0.15) is 83.2 Å². The molecule has 0 radical (unpaired) electrons. The summed E-state index contributed by atoms with van der Waals surface area (Å²) >= 11 is 0. The van der Waals surface area contributed by atoms with Crippen LogP contribution in [0.2, 0.25) is 0 Å². The number of unbranched alkanes of at least 4 members (excludes halogenated alkanes) is 1. The van der Waals surface area contributed by atoms with Gasteiger partial charge in [-0.3, -0.25) is 9.59 Å². The number of phenols is 1. The lowest BCUT2D eigenvalue weighted by molar-refractivity contribution is -0.216. The Morgan fingerprint density at radius 2 is 1.88 bits per heavy atom. The predicted octanol–water partition coefficient (Wildman–Crippen LogP) is 3.16. The van der Waals surface area contributed by atoms with E-state index in [1.54, 1.807) is 30.9 Å². The van der Waals surface area contributed by atoms with Gasteiger partial charge in [0.25, 0.3) is 0 Å². The van der Waals surface area contributed by atoms with Gasteiger partial charge in [0.05, 0.1) is 23.3 Å². The number of esters is 1. The third kappa shape index (κ3) is 3.93. The molecule has 2 aromatic carbocycles. The first-order chi connectivity index (χ1) is 19.1. The standard InChI is InChI=1S/C30H31NO9/c1-4-5-8-17-30(37)40-29-16-10-13(2)11-18(32)22(16)24-25(31(17)29)28(36)23-15(27(24)35)7-6-9-20(23)39-21-12-19(33)26(34)14(3)38-21/h6-7,9-11,14,17,19,21,26,29,32-34H,4-5,8,12H2,1-3H3/t14-,17+,19+,21-,26-,29?/m0/s1. The fraction of sp³-hybridized carbons (Fsp3) is 0.433. The number of benzene rings is 2. The molecule has 3 heterocycles. The van der Waals surface area contributed by atoms with E-state index in [0.29, 0.717) is 24.0 Å². The van der Waals surface area contributed by atoms with Gasteiger partial charge in [0.1, 0.15) is 29.3 Å². The Hall–Kier alpha value is -3.73. The Morgan fingerprint density at radius 1 is 1.10 bits per heavy atom. The number of hydrogen-bond donors (Lipinski definition) is 3. The molecule has 210 valence electrons. The van der Waals surface area contributed by atoms with Gasteiger partial charge in [-0.15, -0.1) is 0 Å². The SMILES string of the molecule is CCCC[C@@H]1C(=O)OC2c3cc(C)cc(O)c3C3=C(C(=O)c4c(O[C@H]5C[C@@H](O)[C@@H](O)[C@H](C)O5)cccc4C3=O)N21. The lowest BCUT2D eigenvalue weighted by atomic mass is 9.78. The highest BCUT2D eigenvalue weighted by molar-refractivity contribution is 6.41. The average Bonchev–Trinajstić information content (AvgIpc) is 3.24. The molecule has 3 aliphatic heterocycles. The van der Waals surface area contributed by atoms with E-state index in [1.807, 2.05) is 6.92 Å². The van der Waals surface area contributed by atoms with Crippen molar-refractivity contribution in [3.63, 3.8) is 0 Å². The highest BCUT2D eigenvalue weighted by atomic mass is 16.7. The largest absolute Gasteiger partial charge is 0.507 e. The van der Waals surface area contributed by atoms with Crippen LogP contribution in [0.25, 0.3) is 5.57 Å². The molecule has 1 unspecified atom stereocenters. The van der Waals surface area contributed by atoms with Crippen molar-refractivity contribution < 1.29 is 43.9 Å². The van der Waals surface area contributed by atoms with Crippen molar-refractivity contribution >= 4 is 23.1 Å². The third-order valence-corrected chi connectivity index (χ3v) is 8.10. The van der Waals surface area contributed by atoms with Crippen LogP contribution in [0.3, 0.4) is 0 Å². The highest BCUT2D eigenvalue weighted by Gasteiger charge is 2.53. The molecule has 10 heteroatoms. The Morgan fingerprint density at radius 3 is 2.60 bits per heavy atom. The van der Waals surface area contributed by atoms with E-state index in [0.717, 1.165) is 6.42 Å². The van der Waals surface area contributed by atoms with Gasteiger partial charge in [-0.2, -0.15) is 0 Å². The summed E-state index contributed by atoms with van der Waals surface area (Å²) in [6.07, 6.45) is -2.92. The van der Waals surface area contributed by atoms with Crippen LogP contribution in [0.5, 0.6) is 11.5 Å². The minimum absolute atomic E-state index is 0.00510. The van der Waals surface area contributed by atoms with Crippen molar-refractivity contribution in [1.29, 1.82) is 0 Å². The van der Waals surface area contributed by atoms with Gasteiger partial charge in [-0.05, 0) is 44.0 Å². The van der Waals surface area contributed by atoms with Crippen LogP contribution in [0, 0.1) is 6.92 Å². The first-order valence-electron chi connectivity index (χ1n) is 13.6. The fourth-order valence-electron chi connectivity index (χ4n) is 6.17. The van der Waals surface area contributed by atoms with E-state index in [4.69, 9.17) is 14.2 Å². The normalized spacial score (nSPS) is 29.0. The van der Waals surface area contributed by atoms with Gasteiger partial charge in [0.2, 0.25) is 18.3 Å². The lowest BCUT2D eigenvalue weighted by Crippen LogP contribution is -2.48. The number of aromatic hydroxyl groups is 1. The molecule has 2 fully saturated rings. The number of ether oxygens (including phenoxy) is 3. The molecule has 1 aliphatic carbocycles. The number of ketones is 2. The summed E-state index contributed by atoms with van der Waals surface area (Å²) in [5, 5.41) is 31.3. The number of rotatable bonds is 5. The molecule has 2 saturated heterocycles. The Balaban J connectivity index is 1.50. The predicted molar refractivity (Wildman–Crippen MR) is 140 cm³/mol. The van der Waals surface area contributed by atoms with E-state index < -0.39 is 54.4 Å². The van der Waals surface area contributed by atoms with Gasteiger partial charge < -0.3 is 34.4 Å². The number of phenolic OH excluding ortho intramolecular Hbond substituents is 1. The minimum Gasteiger partial charge on any atom is -0.507 e. The van der Waals surface area contributed by atoms with E-state index in [-0.39, 0.29) is 45.9 Å². The number of allylic oxidation sites excluding steroid dienone is 2. The molecule has 6 atom stereocenters. The van der Waals surface area contributed by atoms with Gasteiger partial charge in [-0.1, -0.05) is 31.9 Å². The Labute approximate surface area is 230 Å². The molecule has 0 bridgehead atoms. The number of aliphatic hydroxyl groups excluding tert-OH is 2. The zero-order valence-electron chi connectivity index (χ0n) is 22.4. The smallest absolute Gasteiger partial charge is 0.331 e. The number of Topliss-reactive ketones (excluding diaryl/α,β-unsaturated/α-hetero) is 2. The fourth-order valence-corrected chi connectivity index (χ4v) is 6.17. The first-order valence-corrected chi connectivity index (χ1v) is 13.6. The van der Waals surface area contributed by atoms with Gasteiger partial charge in [0.15, 0.2) is 5.78 Å². The second kappa shape index (κ2) is 9.72. The van der Waals surface area contributed by atoms with E-state index in [9.17, 15) is 29.7 Å². The Kier molecular flexibility index (Phi) is 6.44. The van der Waals surface area contributed by atoms with Crippen molar-refractivity contribution in [3.05, 3.63) is 63.8 Å². The number of aliphatic hydroxyl groups is 2. The van der Waals surface area contributed by atoms with Gasteiger partial charge >= 0.3 is 5.97 Å². The van der Waals surface area contributed by atoms with Gasteiger partial charge in [0, 0.05) is 23.1 Å². The zero-order chi connectivity index (χ0) is 28.5. The maximum absolute atomic E-state index is 14.4. The average molecular weight is 550 g/mol. The molecular weight excluding hydrogens is 518 g/mol. The molecule has 0 saturated carbocycles. The van der Waals surface area contributed by atoms with Crippen LogP contribution in [-0.4, -0.2) is 68.4 Å². The number of carbonyl (C=O) groups is 3. The van der Waals surface area contributed by atoms with E-state index >= 15 is 0 Å². The number of hydrogen-bond acceptors (Lipinski definition) is 10. The van der Waals surface area contributed by atoms with Crippen molar-refractivity contribution in [2.75, 3.05) is 0 Å². The molecule has 2 aromatic rings. The summed E-state index contributed by atoms with van der Waals surface area (Å²) in [7, 11) is 0. The minimum atomic E-state index is -1.09. The topological polar surface area (TPSA) is 143 Å². The quantitative estimate of drug-likeness (QED) is 0.476. The maximum atomic E-state index is 14.4. The van der Waals surface area contributed by atoms with Crippen molar-refractivity contribution in [3.8, 4) is 11.5 Å². The Bertz CT molecular complexity index is 1450. The summed E-state index contributed by atoms with van der Waals surface area (Å²) in [5.74, 6) is -1.62. The van der Waals surface area contributed by atoms with Crippen LogP contribution < -0.4 is 4.74 Å². The summed E-state index contributed by atoms with van der Waals surface area (Å²) in [5.41, 5.74) is 1.47. The third-order valence-electron chi connectivity index (χ3n) is 8.10. The summed E-state index contributed by atoms with van der Waals surface area (Å²) in [6, 6.07) is 7.13. The molecule has 0 amide bonds. The molecular formula is C30H31NO9. The van der Waals surface area contributed by atoms with Crippen LogP contribution in [0.4, 0.5) is 0 Å². The van der Waals surface area contributed by atoms with E-state index in [1.165, 1.54) is 18.2 Å². The first kappa shape index (κ1) is 26.5. The highest BCUT2D eigenvalue weighted by Crippen LogP contribution is 2.52. The van der Waals surface area contributed by atoms with Crippen LogP contribution in [0.15, 0.2) is 36.0 Å². The number of nitrogens with zero attached hydrogens (tertiary/aromatic N) is 1. The molecule has 3 N–H and O–H groups in total. The van der Waals surface area contributed by atoms with Crippen molar-refractivity contribution in [2.45, 2.75) is 83.3 Å². The van der Waals surface area contributed by atoms with Crippen molar-refractivity contribution in [1.82, 2.24) is 4.90 Å². The molecule has 6 rings (SSSR count). The number of carbonyl (C=O) groups excluding carboxylic acids is 3. The lowest BCUT2D eigenvalue weighted by Gasteiger charge is -2.39. The van der Waals surface area contributed by atoms with Gasteiger partial charge in [-0.25, -0.2) is 4.79 Å². The van der Waals surface area contributed by atoms with Crippen LogP contribution in [-0.2, 0) is 14.3 Å². The molecule has 10 nitrogen and oxygen atoms in total. The molecule has 4 aliphatic rings. The molecule has 40 heavy (non-hydrogen) atoms. The summed E-state index contributed by atoms with van der Waals surface area (Å²) in [4.78, 5) is 43.2. The van der Waals surface area contributed by atoms with Crippen LogP contribution >= 0.6 is 0 Å². The summed E-state index contributed by atoms with van der Waals surface area (Å²) < 4.78 is 17.5. The summed E-state index contributed by atoms with van der Waals surface area (Å²) in [6.45, 7) is 5.38. The zero-order valence-corrected chi connectivity index (χ0v) is 22.4. The van der Waals surface area contributed by atoms with Crippen molar-refractivity contribution in [2.24, 2.45) is 0 Å².